The predicted octanol–water partition coefficient (Wildman–Crippen LogP) is 3.60. The lowest BCUT2D eigenvalue weighted by molar-refractivity contribution is -0.126. The van der Waals surface area contributed by atoms with Crippen LogP contribution in [0, 0.1) is 11.7 Å². The van der Waals surface area contributed by atoms with Crippen LogP contribution in [0.2, 0.25) is 0 Å². The van der Waals surface area contributed by atoms with Gasteiger partial charge in [0.25, 0.3) is 5.91 Å². The molecule has 1 aromatic carbocycles. The highest BCUT2D eigenvalue weighted by molar-refractivity contribution is 5.99. The van der Waals surface area contributed by atoms with E-state index in [1.807, 2.05) is 0 Å². The summed E-state index contributed by atoms with van der Waals surface area (Å²) in [5.41, 5.74) is 3.49. The van der Waals surface area contributed by atoms with Crippen molar-refractivity contribution in [1.82, 2.24) is 19.8 Å². The lowest BCUT2D eigenvalue weighted by atomic mass is 9.97. The lowest BCUT2D eigenvalue weighted by Gasteiger charge is -2.34. The van der Waals surface area contributed by atoms with Gasteiger partial charge < -0.3 is 20.3 Å². The van der Waals surface area contributed by atoms with Gasteiger partial charge in [-0.2, -0.15) is 0 Å². The molecule has 0 bridgehead atoms. The van der Waals surface area contributed by atoms with Crippen molar-refractivity contribution >= 4 is 11.8 Å². The molecule has 2 N–H and O–H groups in total. The van der Waals surface area contributed by atoms with Crippen LogP contribution >= 0.6 is 0 Å². The van der Waals surface area contributed by atoms with Crippen molar-refractivity contribution in [3.05, 3.63) is 42.0 Å². The number of halogens is 2. The number of benzene rings is 1. The number of primary amides is 1. The van der Waals surface area contributed by atoms with Crippen LogP contribution < -0.4 is 10.5 Å². The maximum atomic E-state index is 14.9. The number of rotatable bonds is 8. The smallest absolute Gasteiger partial charge is 0.257 e. The van der Waals surface area contributed by atoms with E-state index in [4.69, 9.17) is 10.5 Å². The minimum Gasteiger partial charge on any atom is -0.490 e. The number of ether oxygens (including phenoxy) is 1. The molecular weight excluding hydrogens is 480 g/mol. The number of alkyl halides is 1. The fourth-order valence-corrected chi connectivity index (χ4v) is 5.11. The van der Waals surface area contributed by atoms with Gasteiger partial charge in [-0.25, -0.2) is 18.7 Å². The number of piperidine rings is 1. The molecule has 37 heavy (non-hydrogen) atoms. The van der Waals surface area contributed by atoms with Gasteiger partial charge in [0.1, 0.15) is 17.0 Å². The Morgan fingerprint density at radius 3 is 2.46 bits per heavy atom. The summed E-state index contributed by atoms with van der Waals surface area (Å²) in [6, 6.07) is 4.18. The molecule has 0 saturated carbocycles. The van der Waals surface area contributed by atoms with Gasteiger partial charge in [0.05, 0.1) is 24.6 Å². The highest BCUT2D eigenvalue weighted by Crippen LogP contribution is 2.31. The average molecular weight is 516 g/mol. The monoisotopic (exact) mass is 515 g/mol. The van der Waals surface area contributed by atoms with Crippen molar-refractivity contribution in [2.75, 3.05) is 32.8 Å². The molecule has 0 radical (unpaired) electrons. The number of likely N-dealkylation sites (tertiary alicyclic amines) is 2. The van der Waals surface area contributed by atoms with Gasteiger partial charge >= 0.3 is 0 Å². The van der Waals surface area contributed by atoms with E-state index in [-0.39, 0.29) is 5.56 Å². The Morgan fingerprint density at radius 1 is 1.19 bits per heavy atom. The van der Waals surface area contributed by atoms with Crippen molar-refractivity contribution in [1.29, 1.82) is 0 Å². The second-order valence-corrected chi connectivity index (χ2v) is 10.9. The molecule has 2 aliphatic heterocycles. The van der Waals surface area contributed by atoms with Crippen molar-refractivity contribution in [3.8, 4) is 17.1 Å². The van der Waals surface area contributed by atoms with Crippen LogP contribution in [0.1, 0.15) is 56.8 Å². The SMILES string of the molecule is CC(C)(F)CN1CCC(COc2cnc(-c3ccc(C(=O)N4CCC[C@@]4(C)C(N)=O)c(F)c3)nc2)CC1. The van der Waals surface area contributed by atoms with Crippen LogP contribution in [0.4, 0.5) is 8.78 Å². The summed E-state index contributed by atoms with van der Waals surface area (Å²) in [6.07, 6.45) is 6.05. The third kappa shape index (κ3) is 6.23. The summed E-state index contributed by atoms with van der Waals surface area (Å²) in [6.45, 7) is 7.82. The van der Waals surface area contributed by atoms with Crippen LogP contribution in [0.25, 0.3) is 11.4 Å². The van der Waals surface area contributed by atoms with E-state index in [1.54, 1.807) is 39.2 Å². The predicted molar refractivity (Wildman–Crippen MR) is 135 cm³/mol. The van der Waals surface area contributed by atoms with Crippen LogP contribution in [0.5, 0.6) is 5.75 Å². The number of hydrogen-bond donors (Lipinski definition) is 1. The summed E-state index contributed by atoms with van der Waals surface area (Å²) in [4.78, 5) is 37.0. The number of carbonyl (C=O) groups excluding carboxylic acids is 2. The number of hydrogen-bond acceptors (Lipinski definition) is 6. The van der Waals surface area contributed by atoms with E-state index in [0.29, 0.717) is 55.6 Å². The topological polar surface area (TPSA) is 102 Å². The molecule has 0 unspecified atom stereocenters. The number of nitrogens with two attached hydrogens (primary N) is 1. The maximum Gasteiger partial charge on any atom is 0.257 e. The number of nitrogens with zero attached hydrogens (tertiary/aromatic N) is 4. The molecule has 2 amide bonds. The third-order valence-corrected chi connectivity index (χ3v) is 7.30. The van der Waals surface area contributed by atoms with Gasteiger partial charge in [0.15, 0.2) is 11.6 Å². The molecule has 3 heterocycles. The molecule has 200 valence electrons. The Labute approximate surface area is 216 Å². The lowest BCUT2D eigenvalue weighted by Crippen LogP contribution is -2.54. The normalized spacial score (nSPS) is 21.3. The van der Waals surface area contributed by atoms with Gasteiger partial charge in [-0.15, -0.1) is 0 Å². The Hall–Kier alpha value is -3.14. The zero-order chi connectivity index (χ0) is 26.8. The van der Waals surface area contributed by atoms with E-state index < -0.39 is 28.8 Å². The molecule has 4 rings (SSSR count). The number of carbonyl (C=O) groups is 2. The fraction of sp³-hybridized carbons (Fsp3) is 0.556. The maximum absolute atomic E-state index is 14.9. The molecule has 0 aliphatic carbocycles. The highest BCUT2D eigenvalue weighted by atomic mass is 19.1. The van der Waals surface area contributed by atoms with E-state index in [1.165, 1.54) is 17.0 Å². The van der Waals surface area contributed by atoms with Gasteiger partial charge in [-0.1, -0.05) is 6.07 Å². The van der Waals surface area contributed by atoms with Crippen molar-refractivity contribution in [2.24, 2.45) is 11.7 Å². The molecule has 2 saturated heterocycles. The van der Waals surface area contributed by atoms with E-state index in [2.05, 4.69) is 14.9 Å². The molecular formula is C27H35F2N5O3. The van der Waals surface area contributed by atoms with E-state index >= 15 is 0 Å². The molecule has 2 fully saturated rings. The second kappa shape index (κ2) is 10.7. The summed E-state index contributed by atoms with van der Waals surface area (Å²) < 4.78 is 34.7. The first-order valence-electron chi connectivity index (χ1n) is 12.7. The molecule has 2 aromatic rings. The largest absolute Gasteiger partial charge is 0.490 e. The second-order valence-electron chi connectivity index (χ2n) is 10.9. The Morgan fingerprint density at radius 2 is 1.86 bits per heavy atom. The molecule has 10 heteroatoms. The minimum absolute atomic E-state index is 0.126. The van der Waals surface area contributed by atoms with Crippen molar-refractivity contribution in [3.63, 3.8) is 0 Å². The standard InChI is InChI=1S/C27H35F2N5O3/c1-26(2,29)17-33-11-7-18(8-12-33)16-37-20-14-31-23(32-15-20)19-5-6-21(22(28)13-19)24(35)34-10-4-9-27(34,3)25(30)36/h5-6,13-15,18H,4,7-12,16-17H2,1-3H3,(H2,30,36)/t27-/m0/s1. The summed E-state index contributed by atoms with van der Waals surface area (Å²) in [5, 5.41) is 0. The quantitative estimate of drug-likeness (QED) is 0.577. The first kappa shape index (κ1) is 26.9. The fourth-order valence-electron chi connectivity index (χ4n) is 5.11. The zero-order valence-electron chi connectivity index (χ0n) is 21.7. The summed E-state index contributed by atoms with van der Waals surface area (Å²) >= 11 is 0. The van der Waals surface area contributed by atoms with Crippen molar-refractivity contribution in [2.45, 2.75) is 57.7 Å². The summed E-state index contributed by atoms with van der Waals surface area (Å²) in [7, 11) is 0. The van der Waals surface area contributed by atoms with Crippen LogP contribution in [-0.4, -0.2) is 75.6 Å². The average Bonchev–Trinajstić information content (AvgIpc) is 3.25. The Bertz CT molecular complexity index is 1130. The van der Waals surface area contributed by atoms with Crippen molar-refractivity contribution < 1.29 is 23.1 Å². The molecule has 8 nitrogen and oxygen atoms in total. The highest BCUT2D eigenvalue weighted by Gasteiger charge is 2.45. The minimum atomic E-state index is -1.19. The van der Waals surface area contributed by atoms with Crippen LogP contribution in [0.3, 0.4) is 0 Å². The zero-order valence-corrected chi connectivity index (χ0v) is 21.7. The third-order valence-electron chi connectivity index (χ3n) is 7.30. The molecule has 1 atom stereocenters. The Balaban J connectivity index is 1.34. The molecule has 0 spiro atoms. The van der Waals surface area contributed by atoms with Gasteiger partial charge in [0.2, 0.25) is 5.91 Å². The first-order valence-corrected chi connectivity index (χ1v) is 12.7. The van der Waals surface area contributed by atoms with Crippen LogP contribution in [-0.2, 0) is 4.79 Å². The molecule has 1 aromatic heterocycles. The van der Waals surface area contributed by atoms with Gasteiger partial charge in [-0.05, 0) is 77.6 Å². The van der Waals surface area contributed by atoms with Gasteiger partial charge in [-0.3, -0.25) is 9.59 Å². The number of amides is 2. The Kier molecular flexibility index (Phi) is 7.77. The van der Waals surface area contributed by atoms with Gasteiger partial charge in [0, 0.05) is 18.7 Å². The number of aromatic nitrogens is 2. The van der Waals surface area contributed by atoms with E-state index in [0.717, 1.165) is 25.9 Å². The first-order chi connectivity index (χ1) is 17.5. The molecule has 2 aliphatic rings. The van der Waals surface area contributed by atoms with E-state index in [9.17, 15) is 18.4 Å². The summed E-state index contributed by atoms with van der Waals surface area (Å²) in [5.74, 6) is -0.680. The van der Waals surface area contributed by atoms with Crippen LogP contribution in [0.15, 0.2) is 30.6 Å².